The molecule has 7 heteroatoms. The Balaban J connectivity index is 2.09. The fourth-order valence-electron chi connectivity index (χ4n) is 2.31. The summed E-state index contributed by atoms with van der Waals surface area (Å²) in [4.78, 5) is 36.3. The van der Waals surface area contributed by atoms with Crippen LogP contribution in [0.4, 0.5) is 0 Å². The average Bonchev–Trinajstić information content (AvgIpc) is 2.65. The number of esters is 1. The average molecular weight is 406 g/mol. The second kappa shape index (κ2) is 10.1. The number of Topliss-reactive ketones (excluding diaryl/α,β-unsaturated/α-hetero) is 1. The Kier molecular flexibility index (Phi) is 7.88. The number of hydrogen-bond donors (Lipinski definition) is 1. The van der Waals surface area contributed by atoms with Crippen molar-refractivity contribution in [3.8, 4) is 5.75 Å². The predicted molar refractivity (Wildman–Crippen MR) is 108 cm³/mol. The summed E-state index contributed by atoms with van der Waals surface area (Å²) in [5.41, 5.74) is 0.827. The monoisotopic (exact) mass is 405 g/mol. The zero-order valence-electron chi connectivity index (χ0n) is 15.0. The van der Waals surface area contributed by atoms with Gasteiger partial charge in [-0.2, -0.15) is 11.8 Å². The lowest BCUT2D eigenvalue weighted by atomic mass is 10.1. The topological polar surface area (TPSA) is 72.5 Å². The lowest BCUT2D eigenvalue weighted by Gasteiger charge is -2.17. The maximum absolute atomic E-state index is 12.5. The third kappa shape index (κ3) is 6.12. The second-order valence-corrected chi connectivity index (χ2v) is 7.18. The summed E-state index contributed by atoms with van der Waals surface area (Å²) in [6.45, 7) is 1.46. The van der Waals surface area contributed by atoms with E-state index in [1.165, 1.54) is 6.92 Å². The SMILES string of the molecule is CSCC[C@@H](NC(=O)c1ccccc1Cl)C(=O)Oc1ccc(C(C)=O)cc1. The first kappa shape index (κ1) is 21.0. The van der Waals surface area contributed by atoms with Gasteiger partial charge in [0.05, 0.1) is 10.6 Å². The number of halogens is 1. The molecule has 142 valence electrons. The molecule has 5 nitrogen and oxygen atoms in total. The highest BCUT2D eigenvalue weighted by atomic mass is 35.5. The van der Waals surface area contributed by atoms with Crippen LogP contribution in [0.25, 0.3) is 0 Å². The number of hydrogen-bond acceptors (Lipinski definition) is 5. The van der Waals surface area contributed by atoms with Crippen molar-refractivity contribution in [1.82, 2.24) is 5.32 Å². The molecule has 2 rings (SSSR count). The smallest absolute Gasteiger partial charge is 0.334 e. The van der Waals surface area contributed by atoms with Crippen LogP contribution >= 0.6 is 23.4 Å². The van der Waals surface area contributed by atoms with E-state index in [9.17, 15) is 14.4 Å². The van der Waals surface area contributed by atoms with Gasteiger partial charge in [-0.15, -0.1) is 0 Å². The van der Waals surface area contributed by atoms with Gasteiger partial charge in [0.1, 0.15) is 11.8 Å². The second-order valence-electron chi connectivity index (χ2n) is 5.79. The molecule has 0 aliphatic heterocycles. The minimum atomic E-state index is -0.811. The molecule has 0 radical (unpaired) electrons. The largest absolute Gasteiger partial charge is 0.425 e. The summed E-state index contributed by atoms with van der Waals surface area (Å²) in [6.07, 6.45) is 2.33. The minimum absolute atomic E-state index is 0.0715. The summed E-state index contributed by atoms with van der Waals surface area (Å²) in [5.74, 6) is -0.0919. The molecule has 27 heavy (non-hydrogen) atoms. The van der Waals surface area contributed by atoms with Crippen LogP contribution in [-0.2, 0) is 4.79 Å². The van der Waals surface area contributed by atoms with E-state index in [4.69, 9.17) is 16.3 Å². The standard InChI is InChI=1S/C20H20ClNO4S/c1-13(23)14-7-9-15(10-8-14)26-20(25)18(11-12-27-2)22-19(24)16-5-3-4-6-17(16)21/h3-10,18H,11-12H2,1-2H3,(H,22,24)/t18-/m1/s1. The van der Waals surface area contributed by atoms with Gasteiger partial charge < -0.3 is 10.1 Å². The first-order valence-electron chi connectivity index (χ1n) is 8.29. The number of nitrogens with one attached hydrogen (secondary N) is 1. The Hall–Kier alpha value is -2.31. The normalized spacial score (nSPS) is 11.5. The lowest BCUT2D eigenvalue weighted by Crippen LogP contribution is -2.43. The van der Waals surface area contributed by atoms with Gasteiger partial charge in [0, 0.05) is 5.56 Å². The van der Waals surface area contributed by atoms with Crippen molar-refractivity contribution in [1.29, 1.82) is 0 Å². The van der Waals surface area contributed by atoms with E-state index < -0.39 is 17.9 Å². The molecule has 0 spiro atoms. The number of carbonyl (C=O) groups is 3. The summed E-state index contributed by atoms with van der Waals surface area (Å²) in [7, 11) is 0. The van der Waals surface area contributed by atoms with E-state index in [2.05, 4.69) is 5.32 Å². The maximum Gasteiger partial charge on any atom is 0.334 e. The fraction of sp³-hybridized carbons (Fsp3) is 0.250. The molecular formula is C20H20ClNO4S. The summed E-state index contributed by atoms with van der Waals surface area (Å²) < 4.78 is 5.37. The summed E-state index contributed by atoms with van der Waals surface area (Å²) in [6, 6.07) is 12.1. The number of ketones is 1. The van der Waals surface area contributed by atoms with Crippen molar-refractivity contribution < 1.29 is 19.1 Å². The van der Waals surface area contributed by atoms with Gasteiger partial charge in [-0.3, -0.25) is 9.59 Å². The zero-order chi connectivity index (χ0) is 19.8. The molecule has 0 unspecified atom stereocenters. The maximum atomic E-state index is 12.5. The van der Waals surface area contributed by atoms with Crippen molar-refractivity contribution in [3.63, 3.8) is 0 Å². The van der Waals surface area contributed by atoms with Crippen LogP contribution in [0.3, 0.4) is 0 Å². The number of benzene rings is 2. The van der Waals surface area contributed by atoms with Crippen LogP contribution in [0.2, 0.25) is 5.02 Å². The van der Waals surface area contributed by atoms with Crippen LogP contribution < -0.4 is 10.1 Å². The Morgan fingerprint density at radius 1 is 1.11 bits per heavy atom. The van der Waals surface area contributed by atoms with Gasteiger partial charge >= 0.3 is 5.97 Å². The highest BCUT2D eigenvalue weighted by molar-refractivity contribution is 7.98. The summed E-state index contributed by atoms with van der Waals surface area (Å²) >= 11 is 7.61. The molecule has 0 aliphatic carbocycles. The van der Waals surface area contributed by atoms with Crippen LogP contribution in [0.15, 0.2) is 48.5 Å². The van der Waals surface area contributed by atoms with Crippen LogP contribution in [-0.4, -0.2) is 35.7 Å². The minimum Gasteiger partial charge on any atom is -0.425 e. The lowest BCUT2D eigenvalue weighted by molar-refractivity contribution is -0.136. The van der Waals surface area contributed by atoms with E-state index in [1.54, 1.807) is 60.3 Å². The molecule has 0 bridgehead atoms. The molecule has 0 saturated heterocycles. The number of carbonyl (C=O) groups excluding carboxylic acids is 3. The molecule has 0 fully saturated rings. The number of amides is 1. The van der Waals surface area contributed by atoms with Gasteiger partial charge in [-0.25, -0.2) is 4.79 Å². The predicted octanol–water partition coefficient (Wildman–Crippen LogP) is 4.00. The van der Waals surface area contributed by atoms with E-state index in [1.807, 2.05) is 6.26 Å². The van der Waals surface area contributed by atoms with Gasteiger partial charge in [0.2, 0.25) is 0 Å². The highest BCUT2D eigenvalue weighted by Gasteiger charge is 2.24. The van der Waals surface area contributed by atoms with Crippen LogP contribution in [0, 0.1) is 0 Å². The van der Waals surface area contributed by atoms with Gasteiger partial charge in [-0.05, 0) is 61.8 Å². The molecule has 0 heterocycles. The van der Waals surface area contributed by atoms with Crippen molar-refractivity contribution in [2.45, 2.75) is 19.4 Å². The Morgan fingerprint density at radius 2 is 1.78 bits per heavy atom. The Bertz CT molecular complexity index is 823. The molecule has 1 amide bonds. The fourth-order valence-corrected chi connectivity index (χ4v) is 3.00. The third-order valence-electron chi connectivity index (χ3n) is 3.80. The van der Waals surface area contributed by atoms with Crippen molar-refractivity contribution >= 4 is 41.0 Å². The molecule has 1 atom stereocenters. The van der Waals surface area contributed by atoms with Gasteiger partial charge in [0.25, 0.3) is 5.91 Å². The van der Waals surface area contributed by atoms with Crippen LogP contribution in [0.1, 0.15) is 34.1 Å². The zero-order valence-corrected chi connectivity index (χ0v) is 16.6. The molecule has 0 aromatic heterocycles. The van der Waals surface area contributed by atoms with Gasteiger partial charge in [0.15, 0.2) is 5.78 Å². The number of rotatable bonds is 8. The first-order chi connectivity index (χ1) is 12.9. The van der Waals surface area contributed by atoms with Crippen molar-refractivity contribution in [2.75, 3.05) is 12.0 Å². The number of ether oxygens (including phenoxy) is 1. The van der Waals surface area contributed by atoms with E-state index in [0.717, 1.165) is 0 Å². The van der Waals surface area contributed by atoms with Crippen LogP contribution in [0.5, 0.6) is 5.75 Å². The molecule has 1 N–H and O–H groups in total. The van der Waals surface area contributed by atoms with Gasteiger partial charge in [-0.1, -0.05) is 23.7 Å². The highest BCUT2D eigenvalue weighted by Crippen LogP contribution is 2.17. The molecule has 2 aromatic carbocycles. The number of thioether (sulfide) groups is 1. The molecule has 0 saturated carbocycles. The Labute approximate surface area is 167 Å². The van der Waals surface area contributed by atoms with E-state index >= 15 is 0 Å². The molecule has 2 aromatic rings. The third-order valence-corrected chi connectivity index (χ3v) is 4.77. The molecule has 0 aliphatic rings. The van der Waals surface area contributed by atoms with E-state index in [0.29, 0.717) is 34.1 Å². The van der Waals surface area contributed by atoms with Crippen molar-refractivity contribution in [2.24, 2.45) is 0 Å². The molecular weight excluding hydrogens is 386 g/mol. The van der Waals surface area contributed by atoms with E-state index in [-0.39, 0.29) is 5.78 Å². The Morgan fingerprint density at radius 3 is 2.37 bits per heavy atom. The van der Waals surface area contributed by atoms with Crippen molar-refractivity contribution in [3.05, 3.63) is 64.7 Å². The first-order valence-corrected chi connectivity index (χ1v) is 10.1. The summed E-state index contributed by atoms with van der Waals surface area (Å²) in [5, 5.41) is 3.01. The quantitative estimate of drug-likeness (QED) is 0.408.